The van der Waals surface area contributed by atoms with E-state index in [4.69, 9.17) is 27.4 Å². The lowest BCUT2D eigenvalue weighted by Crippen LogP contribution is -2.30. The van der Waals surface area contributed by atoms with Crippen LogP contribution in [-0.2, 0) is 0 Å². The maximum absolute atomic E-state index is 12.2. The van der Waals surface area contributed by atoms with Crippen LogP contribution in [0.2, 0.25) is 0 Å². The third kappa shape index (κ3) is 4.10. The van der Waals surface area contributed by atoms with Crippen LogP contribution in [-0.4, -0.2) is 43.6 Å². The number of carbonyl (C=O) groups is 1. The number of rotatable bonds is 6. The first-order valence-electron chi connectivity index (χ1n) is 5.75. The van der Waals surface area contributed by atoms with Crippen molar-refractivity contribution in [2.45, 2.75) is 6.42 Å². The van der Waals surface area contributed by atoms with Crippen LogP contribution in [0.25, 0.3) is 0 Å². The molecule has 0 atom stereocenters. The van der Waals surface area contributed by atoms with Gasteiger partial charge >= 0.3 is 0 Å². The molecule has 19 heavy (non-hydrogen) atoms. The summed E-state index contributed by atoms with van der Waals surface area (Å²) < 4.78 is 10.3. The molecule has 0 aromatic heterocycles. The third-order valence-electron chi connectivity index (χ3n) is 2.67. The Balaban J connectivity index is 2.84. The zero-order valence-corrected chi connectivity index (χ0v) is 12.1. The second kappa shape index (κ2) is 6.94. The minimum atomic E-state index is -0.114. The van der Waals surface area contributed by atoms with Gasteiger partial charge in [-0.3, -0.25) is 4.79 Å². The highest BCUT2D eigenvalue weighted by Gasteiger charge is 2.14. The molecule has 104 valence electrons. The minimum absolute atomic E-state index is 0.114. The SMILES string of the molecule is COc1ccc(C(=O)N(C)CCC(N)=S)cc1OC. The van der Waals surface area contributed by atoms with E-state index >= 15 is 0 Å². The van der Waals surface area contributed by atoms with Crippen molar-refractivity contribution >= 4 is 23.1 Å². The number of nitrogens with two attached hydrogens (primary N) is 1. The summed E-state index contributed by atoms with van der Waals surface area (Å²) >= 11 is 4.79. The topological polar surface area (TPSA) is 64.8 Å². The lowest BCUT2D eigenvalue weighted by molar-refractivity contribution is 0.0798. The summed E-state index contributed by atoms with van der Waals surface area (Å²) in [5.41, 5.74) is 5.95. The Bertz CT molecular complexity index is 477. The van der Waals surface area contributed by atoms with Crippen molar-refractivity contribution in [3.8, 4) is 11.5 Å². The van der Waals surface area contributed by atoms with E-state index in [9.17, 15) is 4.79 Å². The lowest BCUT2D eigenvalue weighted by atomic mass is 10.1. The zero-order chi connectivity index (χ0) is 14.4. The van der Waals surface area contributed by atoms with Crippen molar-refractivity contribution in [2.75, 3.05) is 27.8 Å². The number of nitrogens with zero attached hydrogens (tertiary/aromatic N) is 1. The largest absolute Gasteiger partial charge is 0.493 e. The maximum atomic E-state index is 12.2. The smallest absolute Gasteiger partial charge is 0.253 e. The second-order valence-electron chi connectivity index (χ2n) is 4.01. The van der Waals surface area contributed by atoms with E-state index in [1.165, 1.54) is 7.11 Å². The highest BCUT2D eigenvalue weighted by Crippen LogP contribution is 2.27. The molecule has 0 aliphatic rings. The normalized spacial score (nSPS) is 9.84. The van der Waals surface area contributed by atoms with Crippen molar-refractivity contribution in [3.05, 3.63) is 23.8 Å². The molecule has 6 heteroatoms. The Hall–Kier alpha value is -1.82. The fourth-order valence-corrected chi connectivity index (χ4v) is 1.66. The molecule has 5 nitrogen and oxygen atoms in total. The van der Waals surface area contributed by atoms with Crippen LogP contribution in [0.4, 0.5) is 0 Å². The predicted octanol–water partition coefficient (Wildman–Crippen LogP) is 1.45. The van der Waals surface area contributed by atoms with Gasteiger partial charge in [-0.25, -0.2) is 0 Å². The molecule has 0 spiro atoms. The highest BCUT2D eigenvalue weighted by molar-refractivity contribution is 7.80. The van der Waals surface area contributed by atoms with Gasteiger partial charge < -0.3 is 20.1 Å². The number of hydrogen-bond donors (Lipinski definition) is 1. The standard InChI is InChI=1S/C13H18N2O3S/c1-15(7-6-12(14)19)13(16)9-4-5-10(17-2)11(8-9)18-3/h4-5,8H,6-7H2,1-3H3,(H2,14,19). The number of hydrogen-bond acceptors (Lipinski definition) is 4. The van der Waals surface area contributed by atoms with E-state index in [0.29, 0.717) is 35.0 Å². The minimum Gasteiger partial charge on any atom is -0.493 e. The Morgan fingerprint density at radius 1 is 1.32 bits per heavy atom. The molecule has 1 rings (SSSR count). The monoisotopic (exact) mass is 282 g/mol. The van der Waals surface area contributed by atoms with E-state index in [-0.39, 0.29) is 5.91 Å². The van der Waals surface area contributed by atoms with Crippen LogP contribution in [0.3, 0.4) is 0 Å². The lowest BCUT2D eigenvalue weighted by Gasteiger charge is -2.17. The van der Waals surface area contributed by atoms with Crippen molar-refractivity contribution in [1.82, 2.24) is 4.90 Å². The van der Waals surface area contributed by atoms with Gasteiger partial charge in [-0.1, -0.05) is 12.2 Å². The van der Waals surface area contributed by atoms with Crippen LogP contribution < -0.4 is 15.2 Å². The second-order valence-corrected chi connectivity index (χ2v) is 4.54. The number of amides is 1. The zero-order valence-electron chi connectivity index (χ0n) is 11.3. The molecule has 0 fully saturated rings. The molecule has 1 aromatic carbocycles. The quantitative estimate of drug-likeness (QED) is 0.800. The number of carbonyl (C=O) groups excluding carboxylic acids is 1. The average molecular weight is 282 g/mol. The van der Waals surface area contributed by atoms with Gasteiger partial charge in [0.15, 0.2) is 11.5 Å². The maximum Gasteiger partial charge on any atom is 0.253 e. The summed E-state index contributed by atoms with van der Waals surface area (Å²) in [7, 11) is 4.79. The molecule has 0 aliphatic heterocycles. The molecule has 0 radical (unpaired) electrons. The van der Waals surface area contributed by atoms with Crippen LogP contribution in [0.15, 0.2) is 18.2 Å². The van der Waals surface area contributed by atoms with Crippen LogP contribution >= 0.6 is 12.2 Å². The molecular weight excluding hydrogens is 264 g/mol. The van der Waals surface area contributed by atoms with Crippen molar-refractivity contribution < 1.29 is 14.3 Å². The van der Waals surface area contributed by atoms with Gasteiger partial charge in [0, 0.05) is 25.6 Å². The van der Waals surface area contributed by atoms with Crippen molar-refractivity contribution in [2.24, 2.45) is 5.73 Å². The molecule has 0 heterocycles. The van der Waals surface area contributed by atoms with Gasteiger partial charge in [-0.05, 0) is 18.2 Å². The molecule has 0 unspecified atom stereocenters. The van der Waals surface area contributed by atoms with Crippen LogP contribution in [0.1, 0.15) is 16.8 Å². The summed E-state index contributed by atoms with van der Waals surface area (Å²) in [5.74, 6) is 0.998. The molecule has 1 amide bonds. The summed E-state index contributed by atoms with van der Waals surface area (Å²) in [4.78, 5) is 14.1. The van der Waals surface area contributed by atoms with E-state index in [1.54, 1.807) is 37.3 Å². The van der Waals surface area contributed by atoms with Gasteiger partial charge in [0.2, 0.25) is 0 Å². The summed E-state index contributed by atoms with van der Waals surface area (Å²) in [6.45, 7) is 0.489. The van der Waals surface area contributed by atoms with Gasteiger partial charge in [0.1, 0.15) is 0 Å². The van der Waals surface area contributed by atoms with Crippen LogP contribution in [0, 0.1) is 0 Å². The molecule has 2 N–H and O–H groups in total. The predicted molar refractivity (Wildman–Crippen MR) is 77.9 cm³/mol. The number of benzene rings is 1. The fourth-order valence-electron chi connectivity index (χ4n) is 1.57. The first-order chi connectivity index (χ1) is 8.99. The number of thiocarbonyl (C=S) groups is 1. The van der Waals surface area contributed by atoms with Crippen LogP contribution in [0.5, 0.6) is 11.5 Å². The first-order valence-corrected chi connectivity index (χ1v) is 6.16. The summed E-state index contributed by atoms with van der Waals surface area (Å²) in [6.07, 6.45) is 0.505. The van der Waals surface area contributed by atoms with Gasteiger partial charge in [0.05, 0.1) is 19.2 Å². The Morgan fingerprint density at radius 3 is 2.47 bits per heavy atom. The van der Waals surface area contributed by atoms with Crippen molar-refractivity contribution in [3.63, 3.8) is 0 Å². The van der Waals surface area contributed by atoms with Crippen molar-refractivity contribution in [1.29, 1.82) is 0 Å². The highest BCUT2D eigenvalue weighted by atomic mass is 32.1. The average Bonchev–Trinajstić information content (AvgIpc) is 2.42. The third-order valence-corrected chi connectivity index (χ3v) is 2.87. The van der Waals surface area contributed by atoms with E-state index in [2.05, 4.69) is 0 Å². The molecule has 1 aromatic rings. The Labute approximate surface area is 118 Å². The summed E-state index contributed by atoms with van der Waals surface area (Å²) in [5, 5.41) is 0. The molecule has 0 aliphatic carbocycles. The summed E-state index contributed by atoms with van der Waals surface area (Å²) in [6, 6.07) is 5.05. The van der Waals surface area contributed by atoms with Gasteiger partial charge in [0.25, 0.3) is 5.91 Å². The molecular formula is C13H18N2O3S. The first kappa shape index (κ1) is 15.2. The Kier molecular flexibility index (Phi) is 5.57. The number of ether oxygens (including phenoxy) is 2. The molecule has 0 saturated heterocycles. The number of methoxy groups -OCH3 is 2. The fraction of sp³-hybridized carbons (Fsp3) is 0.385. The van der Waals surface area contributed by atoms with Gasteiger partial charge in [-0.2, -0.15) is 0 Å². The van der Waals surface area contributed by atoms with Gasteiger partial charge in [-0.15, -0.1) is 0 Å². The Morgan fingerprint density at radius 2 is 1.95 bits per heavy atom. The molecule has 0 saturated carbocycles. The van der Waals surface area contributed by atoms with E-state index in [1.807, 2.05) is 0 Å². The molecule has 0 bridgehead atoms. The van der Waals surface area contributed by atoms with E-state index < -0.39 is 0 Å². The van der Waals surface area contributed by atoms with E-state index in [0.717, 1.165) is 0 Å².